The van der Waals surface area contributed by atoms with Crippen LogP contribution in [0.25, 0.3) is 0 Å². The predicted molar refractivity (Wildman–Crippen MR) is 206 cm³/mol. The molecule has 0 rings (SSSR count). The molecule has 0 unspecified atom stereocenters. The molecule has 0 aliphatic rings. The van der Waals surface area contributed by atoms with Gasteiger partial charge < -0.3 is 70.8 Å². The lowest BCUT2D eigenvalue weighted by Gasteiger charge is -2.27. The molecule has 0 saturated carbocycles. The van der Waals surface area contributed by atoms with Crippen molar-refractivity contribution in [2.75, 3.05) is 26.2 Å². The maximum Gasteiger partial charge on any atom is 0.326 e. The Morgan fingerprint density at radius 1 is 0.625 bits per heavy atom. The number of nitrogens with one attached hydrogen (secondary N) is 7. The summed E-state index contributed by atoms with van der Waals surface area (Å²) in [5, 5.41) is 37.8. The van der Waals surface area contributed by atoms with Crippen LogP contribution in [0.2, 0.25) is 0 Å². The number of rotatable bonds is 30. The van der Waals surface area contributed by atoms with Gasteiger partial charge in [-0.1, -0.05) is 27.7 Å². The largest absolute Gasteiger partial charge is 0.480 e. The van der Waals surface area contributed by atoms with E-state index in [2.05, 4.69) is 54.4 Å². The van der Waals surface area contributed by atoms with Crippen LogP contribution in [0.3, 0.4) is 0 Å². The van der Waals surface area contributed by atoms with Crippen LogP contribution in [-0.4, -0.2) is 126 Å². The highest BCUT2D eigenvalue weighted by molar-refractivity contribution is 5.96. The number of nitrogens with two attached hydrogens (primary N) is 2. The number of carboxylic acids is 1. The van der Waals surface area contributed by atoms with Gasteiger partial charge in [-0.05, 0) is 83.1 Å². The number of carboxylic acid groups (broad SMARTS) is 1. The molecule has 0 bridgehead atoms. The van der Waals surface area contributed by atoms with Gasteiger partial charge in [0.2, 0.25) is 29.5 Å². The van der Waals surface area contributed by atoms with Gasteiger partial charge in [-0.3, -0.25) is 34.1 Å². The van der Waals surface area contributed by atoms with Gasteiger partial charge in [0.25, 0.3) is 5.91 Å². The third-order valence-corrected chi connectivity index (χ3v) is 8.86. The van der Waals surface area contributed by atoms with Gasteiger partial charge in [-0.15, -0.1) is 0 Å². The number of hydrogen-bond donors (Lipinski definition) is 14. The van der Waals surface area contributed by atoms with Crippen molar-refractivity contribution in [1.82, 2.24) is 37.2 Å². The van der Waals surface area contributed by atoms with Crippen molar-refractivity contribution >= 4 is 41.4 Å². The summed E-state index contributed by atoms with van der Waals surface area (Å²) >= 11 is 0. The maximum atomic E-state index is 13.6. The molecular weight excluding hydrogens is 732 g/mol. The molecular formula is C35H73N12O9+3. The Hall–Kier alpha value is -3.99. The Kier molecular flexibility index (Phi) is 26.4. The predicted octanol–water partition coefficient (Wildman–Crippen LogP) is -6.30. The second kappa shape index (κ2) is 28.4. The lowest BCUT2D eigenvalue weighted by molar-refractivity contribution is -0.419. The van der Waals surface area contributed by atoms with Crippen molar-refractivity contribution < 1.29 is 61.0 Å². The molecule has 324 valence electrons. The Bertz CT molecular complexity index is 1240. The molecule has 21 heteroatoms. The first-order valence-electron chi connectivity index (χ1n) is 19.6. The number of carbonyl (C=O) groups is 7. The van der Waals surface area contributed by atoms with Gasteiger partial charge in [-0.2, -0.15) is 0 Å². The zero-order valence-corrected chi connectivity index (χ0v) is 34.0. The van der Waals surface area contributed by atoms with Crippen molar-refractivity contribution in [3.05, 3.63) is 0 Å². The molecule has 0 aromatic heterocycles. The van der Waals surface area contributed by atoms with Gasteiger partial charge in [0.1, 0.15) is 42.6 Å². The fraction of sp³-hybridized carbons (Fsp3) is 0.800. The van der Waals surface area contributed by atoms with E-state index in [0.717, 1.165) is 0 Å². The molecule has 0 aliphatic carbocycles. The van der Waals surface area contributed by atoms with Crippen molar-refractivity contribution in [3.8, 4) is 0 Å². The Morgan fingerprint density at radius 2 is 1.12 bits per heavy atom. The number of amides is 6. The SMILES string of the molecule is CC(C)C[C@H](NC(=O)[C@@H](NC(=O)[C@@H]([NH3+])[C@@H](C)O)C(C)C)C(=O)NCC(=O)N[C@@H](CCCC[NH3+])C(=O)N[C@@H](CCCNC(N)N)C(=O)N[C@@H](CCCC[NH3+])C(=O)O. The van der Waals surface area contributed by atoms with E-state index in [9.17, 15) is 43.8 Å². The first kappa shape index (κ1) is 52.0. The molecule has 21 nitrogen and oxygen atoms in total. The van der Waals surface area contributed by atoms with Gasteiger partial charge in [0.05, 0.1) is 19.6 Å². The molecule has 0 saturated heterocycles. The van der Waals surface area contributed by atoms with Gasteiger partial charge >= 0.3 is 5.97 Å². The van der Waals surface area contributed by atoms with E-state index in [1.807, 2.05) is 13.8 Å². The summed E-state index contributed by atoms with van der Waals surface area (Å²) in [6.07, 6.45) is 1.47. The summed E-state index contributed by atoms with van der Waals surface area (Å²) in [7, 11) is 0. The molecule has 6 amide bonds. The van der Waals surface area contributed by atoms with Crippen molar-refractivity contribution in [2.24, 2.45) is 23.3 Å². The summed E-state index contributed by atoms with van der Waals surface area (Å²) in [6.45, 7) is 9.44. The Morgan fingerprint density at radius 3 is 1.61 bits per heavy atom. The summed E-state index contributed by atoms with van der Waals surface area (Å²) < 4.78 is 0. The minimum Gasteiger partial charge on any atom is -0.480 e. The molecule has 0 aromatic rings. The van der Waals surface area contributed by atoms with E-state index >= 15 is 0 Å². The number of hydrogen-bond acceptors (Lipinski definition) is 11. The van der Waals surface area contributed by atoms with Crippen LogP contribution in [0.1, 0.15) is 92.4 Å². The van der Waals surface area contributed by atoms with E-state index in [1.54, 1.807) is 13.8 Å². The minimum atomic E-state index is -1.22. The summed E-state index contributed by atoms with van der Waals surface area (Å²) in [5.74, 6) is -5.69. The first-order valence-corrected chi connectivity index (χ1v) is 19.6. The molecule has 0 aliphatic heterocycles. The monoisotopic (exact) mass is 806 g/mol. The van der Waals surface area contributed by atoms with Gasteiger partial charge in [0, 0.05) is 0 Å². The standard InChI is InChI=1S/C35H70N12O9/c1-19(2)17-25(46-33(54)28(20(3)4)47-32(53)27(38)21(5)48)29(50)42-18-26(49)43-22(11-6-8-14-36)30(51)44-23(13-10-16-41-35(39)40)31(52)45-24(34(55)56)12-7-9-15-37/h19-25,27-28,35,41,48H,6-18,36-40H2,1-5H3,(H,42,50)(H,43,49)(H,44,51)(H,45,52)(H,46,54)(H,47,53)(H,55,56)/p+3/t21-,22+,23+,24+,25+,27+,28+/m1/s1. The smallest absolute Gasteiger partial charge is 0.326 e. The Labute approximate surface area is 329 Å². The van der Waals surface area contributed by atoms with E-state index in [1.165, 1.54) is 6.92 Å². The summed E-state index contributed by atoms with van der Waals surface area (Å²) in [6, 6.07) is -6.60. The molecule has 22 N–H and O–H groups in total. The van der Waals surface area contributed by atoms with Crippen LogP contribution in [-0.2, 0) is 33.6 Å². The van der Waals surface area contributed by atoms with Crippen molar-refractivity contribution in [3.63, 3.8) is 0 Å². The van der Waals surface area contributed by atoms with Crippen LogP contribution >= 0.6 is 0 Å². The molecule has 7 atom stereocenters. The number of unbranched alkanes of at least 4 members (excludes halogenated alkanes) is 2. The van der Waals surface area contributed by atoms with Gasteiger partial charge in [-0.25, -0.2) is 4.79 Å². The van der Waals surface area contributed by atoms with Crippen LogP contribution in [0, 0.1) is 11.8 Å². The van der Waals surface area contributed by atoms with Crippen molar-refractivity contribution in [1.29, 1.82) is 0 Å². The van der Waals surface area contributed by atoms with Crippen LogP contribution in [0.5, 0.6) is 0 Å². The quantitative estimate of drug-likeness (QED) is 0.0238. The number of carbonyl (C=O) groups excluding carboxylic acids is 6. The third-order valence-electron chi connectivity index (χ3n) is 8.86. The summed E-state index contributed by atoms with van der Waals surface area (Å²) in [4.78, 5) is 91.3. The topological polar surface area (TPSA) is 379 Å². The molecule has 0 fully saturated rings. The van der Waals surface area contributed by atoms with Gasteiger partial charge in [0.15, 0.2) is 6.04 Å². The fourth-order valence-corrected chi connectivity index (χ4v) is 5.48. The first-order chi connectivity index (χ1) is 26.2. The highest BCUT2D eigenvalue weighted by atomic mass is 16.4. The minimum absolute atomic E-state index is 0.0556. The molecule has 0 spiro atoms. The van der Waals surface area contributed by atoms with E-state index in [0.29, 0.717) is 51.7 Å². The van der Waals surface area contributed by atoms with E-state index < -0.39 is 96.6 Å². The lowest BCUT2D eigenvalue weighted by atomic mass is 9.99. The number of aliphatic hydroxyl groups excluding tert-OH is 1. The highest BCUT2D eigenvalue weighted by Crippen LogP contribution is 2.10. The molecule has 0 heterocycles. The van der Waals surface area contributed by atoms with Crippen LogP contribution in [0.15, 0.2) is 0 Å². The van der Waals surface area contributed by atoms with Crippen LogP contribution < -0.4 is 65.9 Å². The maximum absolute atomic E-state index is 13.6. The number of aliphatic carboxylic acids is 1. The second-order valence-electron chi connectivity index (χ2n) is 14.9. The van der Waals surface area contributed by atoms with Crippen LogP contribution in [0.4, 0.5) is 0 Å². The molecule has 0 aromatic carbocycles. The highest BCUT2D eigenvalue weighted by Gasteiger charge is 2.33. The molecule has 56 heavy (non-hydrogen) atoms. The van der Waals surface area contributed by atoms with Crippen molar-refractivity contribution in [2.45, 2.75) is 141 Å². The number of quaternary nitrogens is 3. The zero-order valence-electron chi connectivity index (χ0n) is 34.0. The average molecular weight is 806 g/mol. The Balaban J connectivity index is 5.92. The second-order valence-corrected chi connectivity index (χ2v) is 14.9. The zero-order chi connectivity index (χ0) is 43.0. The summed E-state index contributed by atoms with van der Waals surface area (Å²) in [5.41, 5.74) is 22.3. The lowest BCUT2D eigenvalue weighted by Crippen LogP contribution is -2.73. The van der Waals surface area contributed by atoms with E-state index in [4.69, 9.17) is 11.5 Å². The normalized spacial score (nSPS) is 15.2. The third kappa shape index (κ3) is 21.9. The molecule has 0 radical (unpaired) electrons. The van der Waals surface area contributed by atoms with E-state index in [-0.39, 0.29) is 37.5 Å². The number of aliphatic hydroxyl groups is 1. The average Bonchev–Trinajstić information content (AvgIpc) is 3.11. The fourth-order valence-electron chi connectivity index (χ4n) is 5.48.